The van der Waals surface area contributed by atoms with Gasteiger partial charge >= 0.3 is 0 Å². The molecular weight excluding hydrogens is 522 g/mol. The number of hydrogen-bond donors (Lipinski definition) is 2. The molecule has 5 fully saturated rings. The van der Waals surface area contributed by atoms with Gasteiger partial charge in [0.05, 0.1) is 5.25 Å². The van der Waals surface area contributed by atoms with Gasteiger partial charge < -0.3 is 10.2 Å². The number of nitrogens with one attached hydrogen (secondary N) is 2. The van der Waals surface area contributed by atoms with Crippen LogP contribution in [0.4, 0.5) is 0 Å². The minimum absolute atomic E-state index is 0.105. The van der Waals surface area contributed by atoms with Gasteiger partial charge in [-0.1, -0.05) is 38.5 Å². The Bertz CT molecular complexity index is 904. The van der Waals surface area contributed by atoms with Crippen LogP contribution in [0.3, 0.4) is 0 Å². The van der Waals surface area contributed by atoms with Crippen molar-refractivity contribution in [3.05, 3.63) is 0 Å². The maximum Gasteiger partial charge on any atom is 0.225 e. The SMILES string of the molecule is O=C(CC1CCC(S(=O)(=O)NC2CC2)CC1)NC1CCC(C(=O)N(CC2CCCCC2)CC2CCCCC2)CC1. The maximum atomic E-state index is 13.8. The van der Waals surface area contributed by atoms with E-state index in [-0.39, 0.29) is 35.1 Å². The molecule has 5 rings (SSSR count). The van der Waals surface area contributed by atoms with Crippen molar-refractivity contribution in [2.24, 2.45) is 23.7 Å². The van der Waals surface area contributed by atoms with Gasteiger partial charge in [-0.3, -0.25) is 9.59 Å². The van der Waals surface area contributed by atoms with E-state index in [4.69, 9.17) is 0 Å². The second kappa shape index (κ2) is 14.3. The number of sulfonamides is 1. The average molecular weight is 578 g/mol. The number of nitrogens with zero attached hydrogens (tertiary/aromatic N) is 1. The Hall–Kier alpha value is -1.15. The van der Waals surface area contributed by atoms with Crippen molar-refractivity contribution in [2.45, 2.75) is 152 Å². The van der Waals surface area contributed by atoms with Crippen molar-refractivity contribution in [3.8, 4) is 0 Å². The predicted molar refractivity (Wildman–Crippen MR) is 159 cm³/mol. The standard InChI is InChI=1S/C32H55N3O4S/c36-31(21-24-11-19-30(20-12-24)40(38,39)34-29-17-18-29)33-28-15-13-27(14-16-28)32(37)35(22-25-7-3-1-4-8-25)23-26-9-5-2-6-10-26/h24-30,34H,1-23H2,(H,33,36). The third-order valence-electron chi connectivity index (χ3n) is 10.8. The highest BCUT2D eigenvalue weighted by atomic mass is 32.2. The van der Waals surface area contributed by atoms with Crippen LogP contribution < -0.4 is 10.0 Å². The Labute approximate surface area is 243 Å². The van der Waals surface area contributed by atoms with Crippen molar-refractivity contribution in [1.82, 2.24) is 14.9 Å². The fourth-order valence-corrected chi connectivity index (χ4v) is 9.87. The Morgan fingerprint density at radius 2 is 1.12 bits per heavy atom. The van der Waals surface area contributed by atoms with Gasteiger partial charge in [0.1, 0.15) is 0 Å². The zero-order chi connectivity index (χ0) is 28.0. The van der Waals surface area contributed by atoms with E-state index < -0.39 is 10.0 Å². The first-order valence-electron chi connectivity index (χ1n) is 16.9. The largest absolute Gasteiger partial charge is 0.353 e. The molecular formula is C32H55N3O4S. The molecule has 0 atom stereocenters. The second-order valence-corrected chi connectivity index (χ2v) is 16.1. The van der Waals surface area contributed by atoms with Crippen molar-refractivity contribution in [3.63, 3.8) is 0 Å². The maximum absolute atomic E-state index is 13.8. The molecule has 0 radical (unpaired) electrons. The minimum Gasteiger partial charge on any atom is -0.353 e. The van der Waals surface area contributed by atoms with E-state index in [0.29, 0.717) is 37.0 Å². The monoisotopic (exact) mass is 577 g/mol. The van der Waals surface area contributed by atoms with Gasteiger partial charge in [-0.2, -0.15) is 0 Å². The number of carbonyl (C=O) groups excluding carboxylic acids is 2. The molecule has 40 heavy (non-hydrogen) atoms. The van der Waals surface area contributed by atoms with E-state index in [1.54, 1.807) is 0 Å². The zero-order valence-corrected chi connectivity index (χ0v) is 25.6. The topological polar surface area (TPSA) is 95.6 Å². The Morgan fingerprint density at radius 1 is 0.600 bits per heavy atom. The summed E-state index contributed by atoms with van der Waals surface area (Å²) in [5.41, 5.74) is 0. The first kappa shape index (κ1) is 30.3. The predicted octanol–water partition coefficient (Wildman–Crippen LogP) is 5.68. The van der Waals surface area contributed by atoms with E-state index in [1.807, 2.05) is 0 Å². The Morgan fingerprint density at radius 3 is 1.65 bits per heavy atom. The molecule has 0 heterocycles. The fraction of sp³-hybridized carbons (Fsp3) is 0.938. The van der Waals surface area contributed by atoms with Crippen LogP contribution in [-0.2, 0) is 19.6 Å². The molecule has 0 bridgehead atoms. The highest BCUT2D eigenvalue weighted by Gasteiger charge is 2.36. The third-order valence-corrected chi connectivity index (χ3v) is 12.8. The summed E-state index contributed by atoms with van der Waals surface area (Å²) < 4.78 is 27.9. The Kier molecular flexibility index (Phi) is 10.9. The van der Waals surface area contributed by atoms with E-state index in [0.717, 1.165) is 64.5 Å². The molecule has 0 aliphatic heterocycles. The van der Waals surface area contributed by atoms with Crippen molar-refractivity contribution >= 4 is 21.8 Å². The molecule has 228 valence electrons. The fourth-order valence-electron chi connectivity index (χ4n) is 8.08. The van der Waals surface area contributed by atoms with Crippen LogP contribution in [0.2, 0.25) is 0 Å². The lowest BCUT2D eigenvalue weighted by Crippen LogP contribution is -2.45. The van der Waals surface area contributed by atoms with Crippen LogP contribution in [0.15, 0.2) is 0 Å². The quantitative estimate of drug-likeness (QED) is 0.330. The number of hydrogen-bond acceptors (Lipinski definition) is 4. The van der Waals surface area contributed by atoms with E-state index in [9.17, 15) is 18.0 Å². The molecule has 0 aromatic rings. The van der Waals surface area contributed by atoms with Crippen LogP contribution >= 0.6 is 0 Å². The van der Waals surface area contributed by atoms with Gasteiger partial charge in [0.2, 0.25) is 21.8 Å². The number of carbonyl (C=O) groups is 2. The van der Waals surface area contributed by atoms with Gasteiger partial charge in [0, 0.05) is 37.5 Å². The first-order valence-corrected chi connectivity index (χ1v) is 18.5. The highest BCUT2D eigenvalue weighted by Crippen LogP contribution is 2.34. The summed E-state index contributed by atoms with van der Waals surface area (Å²) in [6.45, 7) is 1.93. The van der Waals surface area contributed by atoms with E-state index in [1.165, 1.54) is 64.2 Å². The molecule has 5 aliphatic rings. The normalized spacial score (nSPS) is 31.0. The molecule has 8 heteroatoms. The minimum atomic E-state index is -3.21. The summed E-state index contributed by atoms with van der Waals surface area (Å²) in [5, 5.41) is 2.97. The molecule has 0 unspecified atom stereocenters. The van der Waals surface area contributed by atoms with E-state index in [2.05, 4.69) is 14.9 Å². The highest BCUT2D eigenvalue weighted by molar-refractivity contribution is 7.90. The smallest absolute Gasteiger partial charge is 0.225 e. The molecule has 5 aliphatic carbocycles. The molecule has 0 aromatic heterocycles. The summed E-state index contributed by atoms with van der Waals surface area (Å²) in [6.07, 6.45) is 22.0. The molecule has 5 saturated carbocycles. The molecule has 2 amide bonds. The van der Waals surface area contributed by atoms with Crippen LogP contribution in [0.1, 0.15) is 135 Å². The molecule has 0 spiro atoms. The molecule has 2 N–H and O–H groups in total. The first-order chi connectivity index (χ1) is 19.4. The van der Waals surface area contributed by atoms with Gasteiger partial charge in [0.15, 0.2) is 0 Å². The van der Waals surface area contributed by atoms with E-state index >= 15 is 0 Å². The van der Waals surface area contributed by atoms with Gasteiger partial charge in [-0.15, -0.1) is 0 Å². The zero-order valence-electron chi connectivity index (χ0n) is 24.8. The number of rotatable bonds is 11. The lowest BCUT2D eigenvalue weighted by Gasteiger charge is -2.37. The summed E-state index contributed by atoms with van der Waals surface area (Å²) >= 11 is 0. The summed E-state index contributed by atoms with van der Waals surface area (Å²) in [6, 6.07) is 0.330. The number of amides is 2. The van der Waals surface area contributed by atoms with Gasteiger partial charge in [0.25, 0.3) is 0 Å². The van der Waals surface area contributed by atoms with Crippen LogP contribution in [0.5, 0.6) is 0 Å². The average Bonchev–Trinajstić information content (AvgIpc) is 3.77. The Balaban J connectivity index is 1.04. The van der Waals surface area contributed by atoms with Crippen molar-refractivity contribution in [2.75, 3.05) is 13.1 Å². The third kappa shape index (κ3) is 8.92. The van der Waals surface area contributed by atoms with Crippen molar-refractivity contribution in [1.29, 1.82) is 0 Å². The van der Waals surface area contributed by atoms with Crippen LogP contribution in [0.25, 0.3) is 0 Å². The van der Waals surface area contributed by atoms with Gasteiger partial charge in [-0.25, -0.2) is 13.1 Å². The molecule has 0 aromatic carbocycles. The summed E-state index contributed by atoms with van der Waals surface area (Å²) in [5.74, 6) is 2.25. The summed E-state index contributed by atoms with van der Waals surface area (Å²) in [4.78, 5) is 28.9. The van der Waals surface area contributed by atoms with Crippen LogP contribution in [-0.4, -0.2) is 55.6 Å². The lowest BCUT2D eigenvalue weighted by molar-refractivity contribution is -0.138. The van der Waals surface area contributed by atoms with Gasteiger partial charge in [-0.05, 0) is 108 Å². The molecule has 7 nitrogen and oxygen atoms in total. The van der Waals surface area contributed by atoms with Crippen molar-refractivity contribution < 1.29 is 18.0 Å². The second-order valence-electron chi connectivity index (χ2n) is 14.2. The summed E-state index contributed by atoms with van der Waals surface area (Å²) in [7, 11) is -3.21. The molecule has 0 saturated heterocycles. The van der Waals surface area contributed by atoms with Crippen LogP contribution in [0, 0.1) is 23.7 Å². The lowest BCUT2D eigenvalue weighted by atomic mass is 9.83.